The van der Waals surface area contributed by atoms with E-state index in [0.717, 1.165) is 11.3 Å². The summed E-state index contributed by atoms with van der Waals surface area (Å²) in [5.41, 5.74) is 0.951. The van der Waals surface area contributed by atoms with Crippen molar-refractivity contribution in [1.82, 2.24) is 9.21 Å². The zero-order valence-corrected chi connectivity index (χ0v) is 19.0. The van der Waals surface area contributed by atoms with E-state index in [1.54, 1.807) is 14.2 Å². The first kappa shape index (κ1) is 23.3. The molecule has 0 N–H and O–H groups in total. The van der Waals surface area contributed by atoms with E-state index in [2.05, 4.69) is 0 Å². The topological polar surface area (TPSA) is 85.4 Å². The fraction of sp³-hybridized carbons (Fsp3) is 0.381. The van der Waals surface area contributed by atoms with Crippen molar-refractivity contribution in [2.45, 2.75) is 11.4 Å². The summed E-state index contributed by atoms with van der Waals surface area (Å²) in [6, 6.07) is 11.7. The molecule has 1 saturated heterocycles. The number of nitrogens with zero attached hydrogens (tertiary/aromatic N) is 2. The zero-order chi connectivity index (χ0) is 22.4. The Kier molecular flexibility index (Phi) is 7.77. The summed E-state index contributed by atoms with van der Waals surface area (Å²) in [5, 5.41) is 0.125. The van der Waals surface area contributed by atoms with Crippen LogP contribution in [0.15, 0.2) is 47.4 Å². The predicted molar refractivity (Wildman–Crippen MR) is 116 cm³/mol. The highest BCUT2D eigenvalue weighted by atomic mass is 35.5. The van der Waals surface area contributed by atoms with Crippen LogP contribution in [0.1, 0.15) is 5.56 Å². The number of methoxy groups -OCH3 is 1. The summed E-state index contributed by atoms with van der Waals surface area (Å²) in [7, 11) is -0.385. The lowest BCUT2D eigenvalue weighted by Gasteiger charge is -2.26. The van der Waals surface area contributed by atoms with Crippen LogP contribution in [0.2, 0.25) is 5.02 Å². The van der Waals surface area contributed by atoms with Gasteiger partial charge < -0.3 is 19.1 Å². The van der Waals surface area contributed by atoms with Crippen LogP contribution in [0.3, 0.4) is 0 Å². The van der Waals surface area contributed by atoms with Gasteiger partial charge in [-0.05, 0) is 35.9 Å². The Hall–Kier alpha value is -2.33. The molecule has 8 nitrogen and oxygen atoms in total. The fourth-order valence-electron chi connectivity index (χ4n) is 3.04. The van der Waals surface area contributed by atoms with Crippen LogP contribution in [-0.2, 0) is 26.1 Å². The highest BCUT2D eigenvalue weighted by Crippen LogP contribution is 2.29. The first-order chi connectivity index (χ1) is 14.8. The summed E-state index contributed by atoms with van der Waals surface area (Å²) in [4.78, 5) is 14.0. The lowest BCUT2D eigenvalue weighted by atomic mass is 10.2. The number of halogens is 1. The van der Waals surface area contributed by atoms with E-state index in [4.69, 9.17) is 25.8 Å². The molecule has 2 aromatic carbocycles. The number of morpholine rings is 1. The van der Waals surface area contributed by atoms with Gasteiger partial charge in [0.15, 0.2) is 6.61 Å². The van der Waals surface area contributed by atoms with Crippen LogP contribution in [0, 0.1) is 0 Å². The van der Waals surface area contributed by atoms with Crippen molar-refractivity contribution >= 4 is 27.5 Å². The summed E-state index contributed by atoms with van der Waals surface area (Å²) >= 11 is 6.23. The molecule has 31 heavy (non-hydrogen) atoms. The van der Waals surface area contributed by atoms with E-state index in [1.807, 2.05) is 24.3 Å². The number of amides is 1. The maximum atomic E-state index is 12.7. The molecule has 0 aromatic heterocycles. The van der Waals surface area contributed by atoms with Gasteiger partial charge in [0.25, 0.3) is 5.91 Å². The van der Waals surface area contributed by atoms with Crippen molar-refractivity contribution in [3.8, 4) is 11.5 Å². The molecule has 0 atom stereocenters. The summed E-state index contributed by atoms with van der Waals surface area (Å²) in [6.45, 7) is 1.51. The number of hydrogen-bond acceptors (Lipinski definition) is 6. The number of hydrogen-bond donors (Lipinski definition) is 0. The number of sulfonamides is 1. The van der Waals surface area contributed by atoms with Crippen LogP contribution in [0.4, 0.5) is 0 Å². The summed E-state index contributed by atoms with van der Waals surface area (Å²) in [6.07, 6.45) is 0. The first-order valence-corrected chi connectivity index (χ1v) is 11.5. The largest absolute Gasteiger partial charge is 0.497 e. The van der Waals surface area contributed by atoms with Crippen molar-refractivity contribution in [3.63, 3.8) is 0 Å². The number of carbonyl (C=O) groups excluding carboxylic acids is 1. The molecule has 10 heteroatoms. The summed E-state index contributed by atoms with van der Waals surface area (Å²) in [5.74, 6) is 0.750. The van der Waals surface area contributed by atoms with Crippen molar-refractivity contribution in [3.05, 3.63) is 53.1 Å². The minimum absolute atomic E-state index is 0.0784. The highest BCUT2D eigenvalue weighted by Gasteiger charge is 2.27. The second kappa shape index (κ2) is 10.3. The van der Waals surface area contributed by atoms with E-state index < -0.39 is 10.0 Å². The van der Waals surface area contributed by atoms with Gasteiger partial charge in [-0.2, -0.15) is 4.31 Å². The quantitative estimate of drug-likeness (QED) is 0.591. The molecule has 0 bridgehead atoms. The predicted octanol–water partition coefficient (Wildman–Crippen LogP) is 2.41. The number of rotatable bonds is 8. The third kappa shape index (κ3) is 5.88. The molecule has 1 aliphatic heterocycles. The molecule has 2 aromatic rings. The lowest BCUT2D eigenvalue weighted by Crippen LogP contribution is -2.40. The minimum Gasteiger partial charge on any atom is -0.497 e. The Morgan fingerprint density at radius 3 is 2.45 bits per heavy atom. The van der Waals surface area contributed by atoms with Gasteiger partial charge in [0, 0.05) is 26.7 Å². The molecule has 1 aliphatic rings. The molecule has 1 heterocycles. The van der Waals surface area contributed by atoms with Crippen molar-refractivity contribution in [2.24, 2.45) is 0 Å². The van der Waals surface area contributed by atoms with E-state index >= 15 is 0 Å². The molecule has 0 unspecified atom stereocenters. The number of ether oxygens (including phenoxy) is 3. The molecule has 168 valence electrons. The second-order valence-electron chi connectivity index (χ2n) is 7.00. The monoisotopic (exact) mass is 468 g/mol. The Morgan fingerprint density at radius 1 is 1.16 bits per heavy atom. The standard InChI is InChI=1S/C21H25ClN2O6S/c1-23(14-16-3-5-17(28-2)6-4-16)21(25)15-30-20-8-7-18(13-19(20)22)31(26,27)24-9-11-29-12-10-24/h3-8,13H,9-12,14-15H2,1-2H3. The first-order valence-electron chi connectivity index (χ1n) is 9.68. The zero-order valence-electron chi connectivity index (χ0n) is 17.4. The average Bonchev–Trinajstić information content (AvgIpc) is 2.79. The van der Waals surface area contributed by atoms with Gasteiger partial charge in [-0.3, -0.25) is 4.79 Å². The van der Waals surface area contributed by atoms with Crippen molar-refractivity contribution in [2.75, 3.05) is 47.1 Å². The van der Waals surface area contributed by atoms with Crippen molar-refractivity contribution < 1.29 is 27.4 Å². The molecule has 3 rings (SSSR count). The average molecular weight is 469 g/mol. The maximum Gasteiger partial charge on any atom is 0.260 e. The Morgan fingerprint density at radius 2 is 1.84 bits per heavy atom. The van der Waals surface area contributed by atoms with Crippen LogP contribution < -0.4 is 9.47 Å². The van der Waals surface area contributed by atoms with Gasteiger partial charge in [-0.1, -0.05) is 23.7 Å². The van der Waals surface area contributed by atoms with Crippen LogP contribution in [-0.4, -0.2) is 70.6 Å². The smallest absolute Gasteiger partial charge is 0.260 e. The molecular weight excluding hydrogens is 444 g/mol. The molecule has 0 aliphatic carbocycles. The molecule has 0 saturated carbocycles. The molecule has 0 spiro atoms. The number of benzene rings is 2. The van der Waals surface area contributed by atoms with Gasteiger partial charge in [0.2, 0.25) is 10.0 Å². The van der Waals surface area contributed by atoms with Gasteiger partial charge in [0.1, 0.15) is 11.5 Å². The van der Waals surface area contributed by atoms with Crippen LogP contribution >= 0.6 is 11.6 Å². The van der Waals surface area contributed by atoms with E-state index in [-0.39, 0.29) is 28.2 Å². The second-order valence-corrected chi connectivity index (χ2v) is 9.34. The Balaban J connectivity index is 1.58. The fourth-order valence-corrected chi connectivity index (χ4v) is 4.77. The third-order valence-corrected chi connectivity index (χ3v) is 7.06. The minimum atomic E-state index is -3.66. The van der Waals surface area contributed by atoms with Crippen molar-refractivity contribution in [1.29, 1.82) is 0 Å². The lowest BCUT2D eigenvalue weighted by molar-refractivity contribution is -0.132. The van der Waals surface area contributed by atoms with Gasteiger partial charge in [-0.15, -0.1) is 0 Å². The Bertz CT molecular complexity index is 1010. The van der Waals surface area contributed by atoms with Crippen LogP contribution in [0.25, 0.3) is 0 Å². The third-order valence-electron chi connectivity index (χ3n) is 4.87. The Labute approximate surface area is 187 Å². The van der Waals surface area contributed by atoms with Crippen LogP contribution in [0.5, 0.6) is 11.5 Å². The molecule has 1 fully saturated rings. The van der Waals surface area contributed by atoms with Gasteiger partial charge >= 0.3 is 0 Å². The normalized spacial score (nSPS) is 14.8. The van der Waals surface area contributed by atoms with Gasteiger partial charge in [0.05, 0.1) is 30.2 Å². The molecule has 1 amide bonds. The number of carbonyl (C=O) groups is 1. The van der Waals surface area contributed by atoms with E-state index in [1.165, 1.54) is 27.4 Å². The summed E-state index contributed by atoms with van der Waals surface area (Å²) < 4.78 is 42.7. The molecular formula is C21H25ClN2O6S. The van der Waals surface area contributed by atoms with E-state index in [9.17, 15) is 13.2 Å². The maximum absolute atomic E-state index is 12.7. The highest BCUT2D eigenvalue weighted by molar-refractivity contribution is 7.89. The van der Waals surface area contributed by atoms with Gasteiger partial charge in [-0.25, -0.2) is 8.42 Å². The SMILES string of the molecule is COc1ccc(CN(C)C(=O)COc2ccc(S(=O)(=O)N3CCOCC3)cc2Cl)cc1. The van der Waals surface area contributed by atoms with E-state index in [0.29, 0.717) is 32.8 Å². The number of likely N-dealkylation sites (N-methyl/N-ethyl adjacent to an activating group) is 1. The molecule has 0 radical (unpaired) electrons.